The monoisotopic (exact) mass is 245 g/mol. The summed E-state index contributed by atoms with van der Waals surface area (Å²) in [5.74, 6) is 4.17. The number of nitrogens with one attached hydrogen (secondary N) is 2. The van der Waals surface area contributed by atoms with E-state index in [4.69, 9.17) is 0 Å². The van der Waals surface area contributed by atoms with E-state index in [0.29, 0.717) is 0 Å². The predicted octanol–water partition coefficient (Wildman–Crippen LogP) is 2.63. The van der Waals surface area contributed by atoms with Crippen LogP contribution in [-0.2, 0) is 6.54 Å². The molecule has 2 bridgehead atoms. The van der Waals surface area contributed by atoms with E-state index in [1.165, 1.54) is 43.5 Å². The SMILES string of the molecule is Cc1[nH]cnc1CNC1CC2CC1C1CCCC21. The van der Waals surface area contributed by atoms with E-state index in [2.05, 4.69) is 22.2 Å². The summed E-state index contributed by atoms with van der Waals surface area (Å²) in [4.78, 5) is 7.55. The summed E-state index contributed by atoms with van der Waals surface area (Å²) >= 11 is 0. The van der Waals surface area contributed by atoms with Crippen LogP contribution >= 0.6 is 0 Å². The molecule has 2 N–H and O–H groups in total. The second kappa shape index (κ2) is 4.09. The van der Waals surface area contributed by atoms with Crippen molar-refractivity contribution < 1.29 is 0 Å². The maximum absolute atomic E-state index is 4.39. The number of aromatic amines is 1. The molecule has 0 saturated heterocycles. The largest absolute Gasteiger partial charge is 0.348 e. The molecule has 4 rings (SSSR count). The molecule has 0 spiro atoms. The van der Waals surface area contributed by atoms with Crippen LogP contribution in [0.3, 0.4) is 0 Å². The summed E-state index contributed by atoms with van der Waals surface area (Å²) < 4.78 is 0. The molecule has 5 atom stereocenters. The summed E-state index contributed by atoms with van der Waals surface area (Å²) in [5.41, 5.74) is 2.41. The molecule has 3 aliphatic carbocycles. The van der Waals surface area contributed by atoms with Crippen LogP contribution in [0, 0.1) is 30.6 Å². The van der Waals surface area contributed by atoms with Gasteiger partial charge in [0.05, 0.1) is 12.0 Å². The lowest BCUT2D eigenvalue weighted by Gasteiger charge is -2.32. The van der Waals surface area contributed by atoms with Gasteiger partial charge in [-0.15, -0.1) is 0 Å². The number of hydrogen-bond acceptors (Lipinski definition) is 2. The van der Waals surface area contributed by atoms with Crippen LogP contribution in [0.4, 0.5) is 0 Å². The van der Waals surface area contributed by atoms with Gasteiger partial charge in [0.1, 0.15) is 0 Å². The van der Waals surface area contributed by atoms with Gasteiger partial charge in [-0.05, 0) is 56.3 Å². The number of aryl methyl sites for hydroxylation is 1. The fourth-order valence-corrected chi connectivity index (χ4v) is 5.10. The van der Waals surface area contributed by atoms with Crippen LogP contribution < -0.4 is 5.32 Å². The highest BCUT2D eigenvalue weighted by Crippen LogP contribution is 2.58. The minimum Gasteiger partial charge on any atom is -0.348 e. The van der Waals surface area contributed by atoms with Gasteiger partial charge in [0.2, 0.25) is 0 Å². The molecule has 18 heavy (non-hydrogen) atoms. The quantitative estimate of drug-likeness (QED) is 0.859. The number of aromatic nitrogens is 2. The fourth-order valence-electron chi connectivity index (χ4n) is 5.10. The van der Waals surface area contributed by atoms with Crippen LogP contribution in [0.25, 0.3) is 0 Å². The van der Waals surface area contributed by atoms with Crippen molar-refractivity contribution in [2.24, 2.45) is 23.7 Å². The summed E-state index contributed by atoms with van der Waals surface area (Å²) in [6.45, 7) is 3.05. The zero-order chi connectivity index (χ0) is 12.1. The zero-order valence-corrected chi connectivity index (χ0v) is 11.2. The predicted molar refractivity (Wildman–Crippen MR) is 71.0 cm³/mol. The maximum Gasteiger partial charge on any atom is 0.0925 e. The number of nitrogens with zero attached hydrogens (tertiary/aromatic N) is 1. The smallest absolute Gasteiger partial charge is 0.0925 e. The first-order valence-corrected chi connectivity index (χ1v) is 7.55. The summed E-state index contributed by atoms with van der Waals surface area (Å²) in [6.07, 6.45) is 9.26. The molecule has 1 aromatic rings. The molecule has 5 unspecified atom stereocenters. The molecule has 0 amide bonds. The van der Waals surface area contributed by atoms with Crippen molar-refractivity contribution in [3.63, 3.8) is 0 Å². The Labute approximate surface area is 109 Å². The first-order valence-electron chi connectivity index (χ1n) is 7.55. The van der Waals surface area contributed by atoms with Crippen molar-refractivity contribution in [2.75, 3.05) is 0 Å². The maximum atomic E-state index is 4.39. The van der Waals surface area contributed by atoms with E-state index in [0.717, 1.165) is 36.3 Å². The topological polar surface area (TPSA) is 40.7 Å². The van der Waals surface area contributed by atoms with E-state index in [-0.39, 0.29) is 0 Å². The van der Waals surface area contributed by atoms with Crippen molar-refractivity contribution in [1.29, 1.82) is 0 Å². The first kappa shape index (κ1) is 11.0. The fraction of sp³-hybridized carbons (Fsp3) is 0.800. The first-order chi connectivity index (χ1) is 8.83. The summed E-state index contributed by atoms with van der Waals surface area (Å²) in [5, 5.41) is 3.79. The van der Waals surface area contributed by atoms with Crippen LogP contribution in [0.2, 0.25) is 0 Å². The molecule has 0 aliphatic heterocycles. The number of H-pyrrole nitrogens is 1. The van der Waals surface area contributed by atoms with Gasteiger partial charge in [-0.25, -0.2) is 4.98 Å². The highest BCUT2D eigenvalue weighted by atomic mass is 15.0. The third-order valence-corrected chi connectivity index (χ3v) is 5.89. The standard InChI is InChI=1S/C15H23N3/c1-9-15(18-8-17-9)7-16-14-6-10-5-13(14)12-4-2-3-11(10)12/h8,10-14,16H,2-7H2,1H3,(H,17,18). The van der Waals surface area contributed by atoms with Gasteiger partial charge in [-0.2, -0.15) is 0 Å². The second-order valence-electron chi connectivity index (χ2n) is 6.62. The third-order valence-electron chi connectivity index (χ3n) is 5.89. The molecule has 3 fully saturated rings. The van der Waals surface area contributed by atoms with E-state index >= 15 is 0 Å². The van der Waals surface area contributed by atoms with Crippen LogP contribution in [0.5, 0.6) is 0 Å². The Morgan fingerprint density at radius 2 is 2.17 bits per heavy atom. The number of imidazole rings is 1. The lowest BCUT2D eigenvalue weighted by Crippen LogP contribution is -2.39. The Morgan fingerprint density at radius 3 is 3.00 bits per heavy atom. The number of rotatable bonds is 3. The summed E-state index contributed by atoms with van der Waals surface area (Å²) in [6, 6.07) is 0.769. The van der Waals surface area contributed by atoms with E-state index in [9.17, 15) is 0 Å². The average molecular weight is 245 g/mol. The van der Waals surface area contributed by atoms with Gasteiger partial charge < -0.3 is 10.3 Å². The average Bonchev–Trinajstić information content (AvgIpc) is 3.08. The number of fused-ring (bicyclic) bond motifs is 5. The third kappa shape index (κ3) is 1.56. The molecule has 3 heteroatoms. The van der Waals surface area contributed by atoms with Crippen molar-refractivity contribution in [3.8, 4) is 0 Å². The van der Waals surface area contributed by atoms with Crippen LogP contribution in [-0.4, -0.2) is 16.0 Å². The Morgan fingerprint density at radius 1 is 1.28 bits per heavy atom. The summed E-state index contributed by atoms with van der Waals surface area (Å²) in [7, 11) is 0. The van der Waals surface area contributed by atoms with Gasteiger partial charge in [0, 0.05) is 18.3 Å². The Balaban J connectivity index is 1.41. The second-order valence-corrected chi connectivity index (χ2v) is 6.62. The van der Waals surface area contributed by atoms with Gasteiger partial charge in [-0.1, -0.05) is 6.42 Å². The molecular weight excluding hydrogens is 222 g/mol. The van der Waals surface area contributed by atoms with Crippen LogP contribution in [0.1, 0.15) is 43.5 Å². The Bertz CT molecular complexity index is 439. The minimum atomic E-state index is 0.769. The molecular formula is C15H23N3. The Kier molecular flexibility index (Phi) is 2.51. The Hall–Kier alpha value is -0.830. The molecule has 1 heterocycles. The molecule has 0 radical (unpaired) electrons. The van der Waals surface area contributed by atoms with Gasteiger partial charge >= 0.3 is 0 Å². The lowest BCUT2D eigenvalue weighted by molar-refractivity contribution is 0.207. The van der Waals surface area contributed by atoms with Gasteiger partial charge in [-0.3, -0.25) is 0 Å². The molecule has 3 saturated carbocycles. The van der Waals surface area contributed by atoms with E-state index in [1.807, 2.05) is 0 Å². The van der Waals surface area contributed by atoms with Crippen molar-refractivity contribution in [3.05, 3.63) is 17.7 Å². The van der Waals surface area contributed by atoms with E-state index < -0.39 is 0 Å². The highest BCUT2D eigenvalue weighted by molar-refractivity contribution is 5.10. The molecule has 1 aromatic heterocycles. The van der Waals surface area contributed by atoms with Gasteiger partial charge in [0.25, 0.3) is 0 Å². The number of hydrogen-bond donors (Lipinski definition) is 2. The lowest BCUT2D eigenvalue weighted by atomic mass is 9.79. The van der Waals surface area contributed by atoms with Crippen molar-refractivity contribution in [2.45, 2.75) is 51.6 Å². The van der Waals surface area contributed by atoms with Crippen molar-refractivity contribution >= 4 is 0 Å². The van der Waals surface area contributed by atoms with Crippen LogP contribution in [0.15, 0.2) is 6.33 Å². The molecule has 3 aliphatic rings. The minimum absolute atomic E-state index is 0.769. The molecule has 3 nitrogen and oxygen atoms in total. The zero-order valence-electron chi connectivity index (χ0n) is 11.2. The molecule has 0 aromatic carbocycles. The van der Waals surface area contributed by atoms with Gasteiger partial charge in [0.15, 0.2) is 0 Å². The highest BCUT2D eigenvalue weighted by Gasteiger charge is 2.53. The van der Waals surface area contributed by atoms with Crippen molar-refractivity contribution in [1.82, 2.24) is 15.3 Å². The normalized spacial score (nSPS) is 41.5. The van der Waals surface area contributed by atoms with E-state index in [1.54, 1.807) is 6.33 Å². The molecule has 98 valence electrons.